The standard InChI is InChI=1S/C27H30F2N2O5S/c1-14-7-21(29)19(11-20(14)28)24(17-12-27(2,34)13-17)30-25(32)23-10-16-9-22(16)31(23)26(33)15-5-4-6-18(8-15)37(3,35)36/h4-8,11,16-17,22-24,34H,9-10,12-13H2,1-3H3,(H,30,32)/t16?,17?,22-,23-,24?,27?/m1/s1. The van der Waals surface area contributed by atoms with Gasteiger partial charge < -0.3 is 15.3 Å². The van der Waals surface area contributed by atoms with Crippen LogP contribution in [0.5, 0.6) is 0 Å². The van der Waals surface area contributed by atoms with E-state index in [1.54, 1.807) is 6.92 Å². The maximum absolute atomic E-state index is 15.0. The number of hydrogen-bond acceptors (Lipinski definition) is 5. The molecule has 0 bridgehead atoms. The van der Waals surface area contributed by atoms with Gasteiger partial charge in [0, 0.05) is 23.4 Å². The van der Waals surface area contributed by atoms with Crippen LogP contribution in [-0.2, 0) is 14.6 Å². The third kappa shape index (κ3) is 4.88. The molecule has 0 spiro atoms. The molecule has 2 aromatic carbocycles. The van der Waals surface area contributed by atoms with Crippen LogP contribution >= 0.6 is 0 Å². The lowest BCUT2D eigenvalue weighted by Gasteiger charge is -2.45. The third-order valence-corrected chi connectivity index (χ3v) is 9.05. The Hall–Kier alpha value is -2.85. The van der Waals surface area contributed by atoms with Crippen molar-refractivity contribution in [3.63, 3.8) is 0 Å². The first-order valence-corrected chi connectivity index (χ1v) is 14.3. The second kappa shape index (κ2) is 8.87. The molecule has 37 heavy (non-hydrogen) atoms. The highest BCUT2D eigenvalue weighted by atomic mass is 32.2. The number of carbonyl (C=O) groups is 2. The molecule has 3 aliphatic rings. The zero-order valence-corrected chi connectivity index (χ0v) is 21.7. The number of fused-ring (bicyclic) bond motifs is 1. The molecule has 3 fully saturated rings. The average Bonchev–Trinajstić information content (AvgIpc) is 3.47. The summed E-state index contributed by atoms with van der Waals surface area (Å²) in [6.07, 6.45) is 2.87. The largest absolute Gasteiger partial charge is 0.390 e. The highest BCUT2D eigenvalue weighted by Crippen LogP contribution is 2.49. The number of hydrogen-bond donors (Lipinski definition) is 2. The van der Waals surface area contributed by atoms with Crippen molar-refractivity contribution in [1.29, 1.82) is 0 Å². The van der Waals surface area contributed by atoms with Gasteiger partial charge in [-0.05, 0) is 87.3 Å². The van der Waals surface area contributed by atoms with Crippen molar-refractivity contribution in [1.82, 2.24) is 10.2 Å². The summed E-state index contributed by atoms with van der Waals surface area (Å²) in [5.74, 6) is -2.29. The number of nitrogens with one attached hydrogen (secondary N) is 1. The van der Waals surface area contributed by atoms with E-state index >= 15 is 0 Å². The minimum Gasteiger partial charge on any atom is -0.390 e. The Morgan fingerprint density at radius 1 is 1.14 bits per heavy atom. The molecule has 2 saturated carbocycles. The molecule has 2 aliphatic carbocycles. The molecule has 1 heterocycles. The fourth-order valence-corrected chi connectivity index (χ4v) is 6.56. The minimum atomic E-state index is -3.52. The number of piperidine rings is 1. The zero-order chi connectivity index (χ0) is 26.9. The van der Waals surface area contributed by atoms with Gasteiger partial charge in [0.15, 0.2) is 9.84 Å². The summed E-state index contributed by atoms with van der Waals surface area (Å²) in [6.45, 7) is 3.11. The fraction of sp³-hybridized carbons (Fsp3) is 0.481. The van der Waals surface area contributed by atoms with Gasteiger partial charge >= 0.3 is 0 Å². The Bertz CT molecular complexity index is 1390. The number of carbonyl (C=O) groups excluding carboxylic acids is 2. The van der Waals surface area contributed by atoms with E-state index in [4.69, 9.17) is 0 Å². The second-order valence-corrected chi connectivity index (χ2v) is 13.1. The van der Waals surface area contributed by atoms with Gasteiger partial charge in [0.05, 0.1) is 16.5 Å². The molecule has 2 amide bonds. The number of aryl methyl sites for hydroxylation is 1. The number of rotatable bonds is 6. The van der Waals surface area contributed by atoms with Crippen molar-refractivity contribution >= 4 is 21.7 Å². The molecule has 1 aliphatic heterocycles. The Morgan fingerprint density at radius 3 is 2.49 bits per heavy atom. The topological polar surface area (TPSA) is 104 Å². The molecule has 0 radical (unpaired) electrons. The van der Waals surface area contributed by atoms with Crippen LogP contribution in [0.3, 0.4) is 0 Å². The second-order valence-electron chi connectivity index (χ2n) is 11.1. The van der Waals surface area contributed by atoms with Crippen molar-refractivity contribution in [2.75, 3.05) is 6.26 Å². The van der Waals surface area contributed by atoms with E-state index < -0.39 is 51.0 Å². The summed E-state index contributed by atoms with van der Waals surface area (Å²) in [5, 5.41) is 13.1. The van der Waals surface area contributed by atoms with Crippen molar-refractivity contribution in [2.24, 2.45) is 11.8 Å². The highest BCUT2D eigenvalue weighted by Gasteiger charge is 2.56. The van der Waals surface area contributed by atoms with E-state index in [1.807, 2.05) is 0 Å². The number of nitrogens with zero attached hydrogens (tertiary/aromatic N) is 1. The molecule has 0 aromatic heterocycles. The van der Waals surface area contributed by atoms with Crippen LogP contribution in [0.1, 0.15) is 60.1 Å². The highest BCUT2D eigenvalue weighted by molar-refractivity contribution is 7.90. The summed E-state index contributed by atoms with van der Waals surface area (Å²) in [4.78, 5) is 28.5. The molecular formula is C27H30F2N2O5S. The van der Waals surface area contributed by atoms with Crippen molar-refractivity contribution in [2.45, 2.75) is 68.2 Å². The van der Waals surface area contributed by atoms with Crippen molar-refractivity contribution < 1.29 is 31.9 Å². The first kappa shape index (κ1) is 25.8. The SMILES string of the molecule is Cc1cc(F)c(C(NC(=O)[C@H]2CC3C[C@H]3N2C(=O)c2cccc(S(C)(=O)=O)c2)C2CC(C)(O)C2)cc1F. The number of sulfone groups is 1. The molecule has 198 valence electrons. The number of halogens is 2. The maximum Gasteiger partial charge on any atom is 0.254 e. The number of likely N-dealkylation sites (tertiary alicyclic amines) is 1. The predicted molar refractivity (Wildman–Crippen MR) is 131 cm³/mol. The summed E-state index contributed by atoms with van der Waals surface area (Å²) in [7, 11) is -3.52. The minimum absolute atomic E-state index is 0.0128. The Kier molecular flexibility index (Phi) is 6.18. The lowest BCUT2D eigenvalue weighted by molar-refractivity contribution is -0.128. The molecule has 7 nitrogen and oxygen atoms in total. The number of aliphatic hydroxyl groups is 1. The van der Waals surface area contributed by atoms with E-state index in [1.165, 1.54) is 36.1 Å². The summed E-state index contributed by atoms with van der Waals surface area (Å²) in [6, 6.07) is 6.10. The average molecular weight is 533 g/mol. The van der Waals surface area contributed by atoms with E-state index in [9.17, 15) is 31.9 Å². The lowest BCUT2D eigenvalue weighted by Crippen LogP contribution is -2.52. The van der Waals surface area contributed by atoms with Crippen LogP contribution in [0, 0.1) is 30.4 Å². The monoisotopic (exact) mass is 532 g/mol. The molecule has 2 N–H and O–H groups in total. The van der Waals surface area contributed by atoms with E-state index in [2.05, 4.69) is 5.32 Å². The van der Waals surface area contributed by atoms with Gasteiger partial charge in [-0.3, -0.25) is 9.59 Å². The van der Waals surface area contributed by atoms with Crippen LogP contribution in [0.2, 0.25) is 0 Å². The Morgan fingerprint density at radius 2 is 1.84 bits per heavy atom. The van der Waals surface area contributed by atoms with E-state index in [0.29, 0.717) is 19.3 Å². The van der Waals surface area contributed by atoms with Gasteiger partial charge in [-0.15, -0.1) is 0 Å². The predicted octanol–water partition coefficient (Wildman–Crippen LogP) is 3.30. The van der Waals surface area contributed by atoms with Gasteiger partial charge in [0.25, 0.3) is 5.91 Å². The summed E-state index contributed by atoms with van der Waals surface area (Å²) < 4.78 is 53.3. The first-order valence-electron chi connectivity index (χ1n) is 12.4. The van der Waals surface area contributed by atoms with Gasteiger partial charge in [0.1, 0.15) is 17.7 Å². The lowest BCUT2D eigenvalue weighted by atomic mass is 9.67. The normalized spacial score (nSPS) is 29.3. The Balaban J connectivity index is 1.42. The van der Waals surface area contributed by atoms with Gasteiger partial charge in [-0.25, -0.2) is 17.2 Å². The maximum atomic E-state index is 15.0. The molecule has 2 unspecified atom stereocenters. The smallest absolute Gasteiger partial charge is 0.254 e. The quantitative estimate of drug-likeness (QED) is 0.594. The number of amides is 2. The van der Waals surface area contributed by atoms with E-state index in [0.717, 1.165) is 24.8 Å². The molecule has 5 rings (SSSR count). The summed E-state index contributed by atoms with van der Waals surface area (Å²) >= 11 is 0. The van der Waals surface area contributed by atoms with Crippen molar-refractivity contribution in [3.8, 4) is 0 Å². The summed E-state index contributed by atoms with van der Waals surface area (Å²) in [5.41, 5.74) is -0.615. The fourth-order valence-electron chi connectivity index (χ4n) is 5.90. The van der Waals surface area contributed by atoms with Crippen LogP contribution in [0.4, 0.5) is 8.78 Å². The Labute approximate surface area is 214 Å². The first-order chi connectivity index (χ1) is 17.2. The molecule has 1 saturated heterocycles. The van der Waals surface area contributed by atoms with Crippen LogP contribution in [0.15, 0.2) is 41.3 Å². The van der Waals surface area contributed by atoms with Crippen molar-refractivity contribution in [3.05, 3.63) is 64.7 Å². The van der Waals surface area contributed by atoms with E-state index in [-0.39, 0.29) is 39.5 Å². The third-order valence-electron chi connectivity index (χ3n) is 7.94. The van der Waals surface area contributed by atoms with Crippen LogP contribution in [-0.4, -0.2) is 54.2 Å². The van der Waals surface area contributed by atoms with Gasteiger partial charge in [-0.2, -0.15) is 0 Å². The van der Waals surface area contributed by atoms with Gasteiger partial charge in [0.2, 0.25) is 5.91 Å². The molecule has 10 heteroatoms. The van der Waals surface area contributed by atoms with Crippen LogP contribution in [0.25, 0.3) is 0 Å². The molecule has 2 aromatic rings. The number of benzene rings is 2. The molecular weight excluding hydrogens is 502 g/mol. The molecule has 4 atom stereocenters. The van der Waals surface area contributed by atoms with Crippen LogP contribution < -0.4 is 5.32 Å². The zero-order valence-electron chi connectivity index (χ0n) is 20.9. The van der Waals surface area contributed by atoms with Gasteiger partial charge in [-0.1, -0.05) is 6.07 Å².